The average molecular weight is 265 g/mol. The van der Waals surface area contributed by atoms with Gasteiger partial charge in [0.05, 0.1) is 33.0 Å². The summed E-state index contributed by atoms with van der Waals surface area (Å²) in [5.41, 5.74) is 3.64. The first kappa shape index (κ1) is 22.5. The minimum Gasteiger partial charge on any atom is -0.377 e. The summed E-state index contributed by atoms with van der Waals surface area (Å²) in [6, 6.07) is 0. The van der Waals surface area contributed by atoms with Gasteiger partial charge in [-0.3, -0.25) is 4.79 Å². The monoisotopic (exact) mass is 265 g/mol. The largest absolute Gasteiger partial charge is 0.377 e. The molecule has 18 heavy (non-hydrogen) atoms. The topological polar surface area (TPSA) is 75.2 Å². The Hall–Kier alpha value is -0.650. The number of carbonyl (C=O) groups is 1. The third kappa shape index (κ3) is 36.2. The molecule has 0 atom stereocenters. The van der Waals surface area contributed by atoms with Crippen molar-refractivity contribution in [3.8, 4) is 0 Å². The number of quaternary nitrogens is 1. The number of hydrogen-bond acceptors (Lipinski definition) is 3. The zero-order valence-corrected chi connectivity index (χ0v) is 12.9. The molecular formula is C13H33N2O3+. The van der Waals surface area contributed by atoms with Crippen molar-refractivity contribution in [1.82, 2.24) is 5.32 Å². The zero-order chi connectivity index (χ0) is 14.6. The van der Waals surface area contributed by atoms with Crippen LogP contribution in [0.1, 0.15) is 41.0 Å². The van der Waals surface area contributed by atoms with Gasteiger partial charge in [-0.2, -0.15) is 0 Å². The minimum absolute atomic E-state index is 0.0306. The Labute approximate surface area is 112 Å². The van der Waals surface area contributed by atoms with Crippen molar-refractivity contribution in [2.24, 2.45) is 0 Å². The third-order valence-electron chi connectivity index (χ3n) is 1.28. The third-order valence-corrected chi connectivity index (χ3v) is 1.28. The molecule has 112 valence electrons. The van der Waals surface area contributed by atoms with Gasteiger partial charge in [-0.25, -0.2) is 0 Å². The average Bonchev–Trinajstić information content (AvgIpc) is 2.36. The highest BCUT2D eigenvalue weighted by atomic mass is 16.5. The molecule has 0 fully saturated rings. The van der Waals surface area contributed by atoms with Crippen LogP contribution in [0.5, 0.6) is 0 Å². The van der Waals surface area contributed by atoms with E-state index in [4.69, 9.17) is 9.47 Å². The first-order chi connectivity index (χ1) is 8.68. The van der Waals surface area contributed by atoms with Gasteiger partial charge in [-0.1, -0.05) is 34.1 Å². The lowest BCUT2D eigenvalue weighted by atomic mass is 10.6. The first-order valence-corrected chi connectivity index (χ1v) is 6.88. The van der Waals surface area contributed by atoms with Gasteiger partial charge < -0.3 is 20.5 Å². The molecule has 5 nitrogen and oxygen atoms in total. The van der Waals surface area contributed by atoms with Crippen molar-refractivity contribution >= 4 is 5.91 Å². The van der Waals surface area contributed by atoms with Gasteiger partial charge in [-0.05, 0) is 0 Å². The van der Waals surface area contributed by atoms with Crippen LogP contribution < -0.4 is 11.1 Å². The van der Waals surface area contributed by atoms with Crippen molar-refractivity contribution < 1.29 is 20.0 Å². The normalized spacial score (nSPS) is 8.56. The molecule has 5 heteroatoms. The lowest BCUT2D eigenvalue weighted by Crippen LogP contribution is -2.52. The number of ether oxygens (including phenoxy) is 2. The maximum absolute atomic E-state index is 10.4. The SMILES string of the molecule is CC.CC(=O)NCCOCCOCC[NH3+].CCC. The number of amides is 1. The van der Waals surface area contributed by atoms with Gasteiger partial charge in [0.15, 0.2) is 0 Å². The van der Waals surface area contributed by atoms with Crippen molar-refractivity contribution in [3.63, 3.8) is 0 Å². The molecule has 0 aromatic rings. The number of hydrogen-bond donors (Lipinski definition) is 2. The Kier molecular flexibility index (Phi) is 31.6. The number of rotatable bonds is 8. The van der Waals surface area contributed by atoms with Gasteiger partial charge >= 0.3 is 0 Å². The predicted octanol–water partition coefficient (Wildman–Crippen LogP) is 0.840. The zero-order valence-electron chi connectivity index (χ0n) is 12.9. The van der Waals surface area contributed by atoms with E-state index in [-0.39, 0.29) is 5.91 Å². The Morgan fingerprint density at radius 3 is 1.89 bits per heavy atom. The Morgan fingerprint density at radius 2 is 1.50 bits per heavy atom. The van der Waals surface area contributed by atoms with Crippen LogP contribution in [0.2, 0.25) is 0 Å². The molecule has 0 aliphatic carbocycles. The highest BCUT2D eigenvalue weighted by Crippen LogP contribution is 1.76. The second-order valence-electron chi connectivity index (χ2n) is 3.27. The Balaban J connectivity index is -0.000000389. The van der Waals surface area contributed by atoms with E-state index in [0.29, 0.717) is 33.0 Å². The smallest absolute Gasteiger partial charge is 0.216 e. The Bertz CT molecular complexity index is 144. The number of nitrogens with one attached hydrogen (secondary N) is 1. The van der Waals surface area contributed by atoms with Gasteiger partial charge in [0.1, 0.15) is 0 Å². The molecule has 0 saturated carbocycles. The standard InChI is InChI=1S/C8H18N2O3.C3H8.C2H6/c1-8(11)10-3-5-13-7-6-12-4-2-9;1-3-2;1-2/h2-7,9H2,1H3,(H,10,11);3H2,1-2H3;1-2H3/p+1. The van der Waals surface area contributed by atoms with Crippen molar-refractivity contribution in [3.05, 3.63) is 0 Å². The lowest BCUT2D eigenvalue weighted by Gasteiger charge is -2.04. The summed E-state index contributed by atoms with van der Waals surface area (Å²) in [7, 11) is 0. The summed E-state index contributed by atoms with van der Waals surface area (Å²) in [6.07, 6.45) is 1.25. The molecule has 0 radical (unpaired) electrons. The molecule has 0 aromatic carbocycles. The van der Waals surface area contributed by atoms with E-state index in [1.165, 1.54) is 13.3 Å². The van der Waals surface area contributed by atoms with Gasteiger partial charge in [-0.15, -0.1) is 0 Å². The second-order valence-corrected chi connectivity index (χ2v) is 3.27. The quantitative estimate of drug-likeness (QED) is 0.639. The van der Waals surface area contributed by atoms with Crippen LogP contribution in [-0.2, 0) is 14.3 Å². The fourth-order valence-electron chi connectivity index (χ4n) is 0.723. The molecule has 4 N–H and O–H groups in total. The van der Waals surface area contributed by atoms with E-state index in [9.17, 15) is 4.79 Å². The fraction of sp³-hybridized carbons (Fsp3) is 0.923. The van der Waals surface area contributed by atoms with E-state index in [2.05, 4.69) is 24.9 Å². The summed E-state index contributed by atoms with van der Waals surface area (Å²) in [5, 5.41) is 2.63. The van der Waals surface area contributed by atoms with E-state index < -0.39 is 0 Å². The molecule has 0 aliphatic heterocycles. The molecule has 0 bridgehead atoms. The van der Waals surface area contributed by atoms with Crippen LogP contribution in [0, 0.1) is 0 Å². The maximum Gasteiger partial charge on any atom is 0.216 e. The second kappa shape index (κ2) is 25.3. The summed E-state index contributed by atoms with van der Waals surface area (Å²) >= 11 is 0. The van der Waals surface area contributed by atoms with E-state index in [1.54, 1.807) is 0 Å². The predicted molar refractivity (Wildman–Crippen MR) is 75.4 cm³/mol. The van der Waals surface area contributed by atoms with Gasteiger partial charge in [0.2, 0.25) is 5.91 Å². The molecule has 0 saturated heterocycles. The fourth-order valence-corrected chi connectivity index (χ4v) is 0.723. The van der Waals surface area contributed by atoms with Crippen LogP contribution in [-0.4, -0.2) is 45.4 Å². The lowest BCUT2D eigenvalue weighted by molar-refractivity contribution is -0.374. The van der Waals surface area contributed by atoms with E-state index in [0.717, 1.165) is 6.54 Å². The maximum atomic E-state index is 10.4. The highest BCUT2D eigenvalue weighted by molar-refractivity contribution is 5.72. The molecule has 0 aromatic heterocycles. The van der Waals surface area contributed by atoms with Crippen molar-refractivity contribution in [2.75, 3.05) is 39.5 Å². The molecule has 1 amide bonds. The highest BCUT2D eigenvalue weighted by Gasteiger charge is 1.91. The summed E-state index contributed by atoms with van der Waals surface area (Å²) in [4.78, 5) is 10.4. The Morgan fingerprint density at radius 1 is 1.06 bits per heavy atom. The van der Waals surface area contributed by atoms with Crippen LogP contribution in [0.15, 0.2) is 0 Å². The number of carbonyl (C=O) groups excluding carboxylic acids is 1. The van der Waals surface area contributed by atoms with Crippen molar-refractivity contribution in [1.29, 1.82) is 0 Å². The molecule has 0 heterocycles. The minimum atomic E-state index is -0.0306. The van der Waals surface area contributed by atoms with Gasteiger partial charge in [0, 0.05) is 13.5 Å². The summed E-state index contributed by atoms with van der Waals surface area (Å²) in [6.45, 7) is 13.4. The molecule has 0 unspecified atom stereocenters. The van der Waals surface area contributed by atoms with E-state index in [1.807, 2.05) is 13.8 Å². The van der Waals surface area contributed by atoms with Crippen LogP contribution >= 0.6 is 0 Å². The summed E-state index contributed by atoms with van der Waals surface area (Å²) < 4.78 is 10.3. The molecule has 0 aliphatic rings. The molecule has 0 spiro atoms. The molecular weight excluding hydrogens is 232 g/mol. The van der Waals surface area contributed by atoms with Gasteiger partial charge in [0.25, 0.3) is 0 Å². The summed E-state index contributed by atoms with van der Waals surface area (Å²) in [5.74, 6) is -0.0306. The van der Waals surface area contributed by atoms with E-state index >= 15 is 0 Å². The van der Waals surface area contributed by atoms with Crippen LogP contribution in [0.3, 0.4) is 0 Å². The first-order valence-electron chi connectivity index (χ1n) is 6.88. The van der Waals surface area contributed by atoms with Crippen molar-refractivity contribution in [2.45, 2.75) is 41.0 Å². The van der Waals surface area contributed by atoms with Crippen LogP contribution in [0.25, 0.3) is 0 Å². The van der Waals surface area contributed by atoms with Crippen LogP contribution in [0.4, 0.5) is 0 Å². The molecule has 0 rings (SSSR count).